The fraction of sp³-hybridized carbons (Fsp3) is 0.471. The van der Waals surface area contributed by atoms with Gasteiger partial charge in [-0.3, -0.25) is 14.4 Å². The first-order valence-corrected chi connectivity index (χ1v) is 8.00. The number of carbonyl (C=O) groups is 3. The van der Waals surface area contributed by atoms with Crippen molar-refractivity contribution < 1.29 is 19.1 Å². The van der Waals surface area contributed by atoms with Crippen LogP contribution >= 0.6 is 0 Å². The molecule has 0 spiro atoms. The largest absolute Gasteiger partial charge is 0.468 e. The molecule has 130 valence electrons. The summed E-state index contributed by atoms with van der Waals surface area (Å²) in [4.78, 5) is 34.9. The van der Waals surface area contributed by atoms with Crippen molar-refractivity contribution in [1.82, 2.24) is 5.32 Å². The van der Waals surface area contributed by atoms with Crippen molar-refractivity contribution >= 4 is 23.5 Å². The van der Waals surface area contributed by atoms with E-state index in [4.69, 9.17) is 5.73 Å². The van der Waals surface area contributed by atoms with Crippen molar-refractivity contribution in [3.05, 3.63) is 29.8 Å². The highest BCUT2D eigenvalue weighted by Crippen LogP contribution is 2.27. The molecule has 1 aromatic rings. The highest BCUT2D eigenvalue weighted by molar-refractivity contribution is 5.97. The van der Waals surface area contributed by atoms with Crippen LogP contribution in [0.25, 0.3) is 0 Å². The zero-order chi connectivity index (χ0) is 17.5. The summed E-state index contributed by atoms with van der Waals surface area (Å²) in [5.74, 6) is -0.721. The molecule has 24 heavy (non-hydrogen) atoms. The van der Waals surface area contributed by atoms with Gasteiger partial charge in [0.2, 0.25) is 5.91 Å². The Hall–Kier alpha value is -2.41. The van der Waals surface area contributed by atoms with Gasteiger partial charge in [0.15, 0.2) is 0 Å². The number of hydrogen-bond donors (Lipinski definition) is 3. The van der Waals surface area contributed by atoms with E-state index < -0.39 is 5.97 Å². The van der Waals surface area contributed by atoms with Crippen LogP contribution in [0.3, 0.4) is 0 Å². The highest BCUT2D eigenvalue weighted by atomic mass is 16.5. The third kappa shape index (κ3) is 5.06. The SMILES string of the molecule is COC(=O)CNC(=O)c1ccc(NC(=O)C[C@@H]2CCC[C@H]2N)cc1. The second kappa shape index (κ2) is 8.44. The van der Waals surface area contributed by atoms with E-state index in [-0.39, 0.29) is 30.3 Å². The summed E-state index contributed by atoms with van der Waals surface area (Å²) in [6, 6.07) is 6.59. The molecule has 1 aromatic carbocycles. The molecule has 0 saturated heterocycles. The molecule has 0 unspecified atom stereocenters. The van der Waals surface area contributed by atoms with E-state index in [1.165, 1.54) is 7.11 Å². The topological polar surface area (TPSA) is 111 Å². The Morgan fingerprint density at radius 3 is 2.50 bits per heavy atom. The van der Waals surface area contributed by atoms with Gasteiger partial charge in [-0.1, -0.05) is 6.42 Å². The van der Waals surface area contributed by atoms with E-state index in [9.17, 15) is 14.4 Å². The van der Waals surface area contributed by atoms with Gasteiger partial charge >= 0.3 is 5.97 Å². The number of nitrogens with two attached hydrogens (primary N) is 1. The maximum Gasteiger partial charge on any atom is 0.325 e. The van der Waals surface area contributed by atoms with Crippen LogP contribution in [0.1, 0.15) is 36.0 Å². The van der Waals surface area contributed by atoms with Crippen molar-refractivity contribution in [3.8, 4) is 0 Å². The Balaban J connectivity index is 1.83. The second-order valence-electron chi connectivity index (χ2n) is 5.94. The molecule has 1 aliphatic carbocycles. The summed E-state index contributed by atoms with van der Waals surface area (Å²) in [6.07, 6.45) is 3.47. The molecule has 2 rings (SSSR count). The van der Waals surface area contributed by atoms with Crippen LogP contribution in [0.5, 0.6) is 0 Å². The van der Waals surface area contributed by atoms with Crippen LogP contribution in [0.2, 0.25) is 0 Å². The first-order chi connectivity index (χ1) is 11.5. The molecule has 1 aliphatic rings. The molecule has 0 heterocycles. The van der Waals surface area contributed by atoms with Gasteiger partial charge in [0.25, 0.3) is 5.91 Å². The maximum atomic E-state index is 12.0. The van der Waals surface area contributed by atoms with Gasteiger partial charge in [-0.25, -0.2) is 0 Å². The number of anilines is 1. The molecule has 0 bridgehead atoms. The maximum absolute atomic E-state index is 12.0. The Kier molecular flexibility index (Phi) is 6.31. The molecule has 2 amide bonds. The van der Waals surface area contributed by atoms with Crippen molar-refractivity contribution in [2.24, 2.45) is 11.7 Å². The van der Waals surface area contributed by atoms with E-state index >= 15 is 0 Å². The fourth-order valence-corrected chi connectivity index (χ4v) is 2.80. The average molecular weight is 333 g/mol. The minimum atomic E-state index is -0.516. The van der Waals surface area contributed by atoms with Crippen molar-refractivity contribution in [2.45, 2.75) is 31.7 Å². The Bertz CT molecular complexity index is 600. The lowest BCUT2D eigenvalue weighted by Crippen LogP contribution is -2.30. The van der Waals surface area contributed by atoms with Crippen molar-refractivity contribution in [3.63, 3.8) is 0 Å². The third-order valence-corrected chi connectivity index (χ3v) is 4.22. The standard InChI is InChI=1S/C17H23N3O4/c1-24-16(22)10-19-17(23)11-5-7-13(8-6-11)20-15(21)9-12-3-2-4-14(12)18/h5-8,12,14H,2-4,9-10,18H2,1H3,(H,19,23)(H,20,21)/t12-,14+/m0/s1. The van der Waals surface area contributed by atoms with Gasteiger partial charge in [-0.05, 0) is 43.0 Å². The number of carbonyl (C=O) groups excluding carboxylic acids is 3. The second-order valence-corrected chi connectivity index (χ2v) is 5.94. The predicted molar refractivity (Wildman–Crippen MR) is 89.4 cm³/mol. The predicted octanol–water partition coefficient (Wildman–Crippen LogP) is 1.05. The third-order valence-electron chi connectivity index (χ3n) is 4.22. The summed E-state index contributed by atoms with van der Waals surface area (Å²) >= 11 is 0. The highest BCUT2D eigenvalue weighted by Gasteiger charge is 2.26. The molecule has 2 atom stereocenters. The minimum Gasteiger partial charge on any atom is -0.468 e. The van der Waals surface area contributed by atoms with E-state index in [0.717, 1.165) is 19.3 Å². The minimum absolute atomic E-state index is 0.0692. The van der Waals surface area contributed by atoms with Crippen LogP contribution in [-0.4, -0.2) is 37.5 Å². The van der Waals surface area contributed by atoms with Crippen LogP contribution in [0.4, 0.5) is 5.69 Å². The van der Waals surface area contributed by atoms with Gasteiger partial charge in [-0.15, -0.1) is 0 Å². The number of amides is 2. The van der Waals surface area contributed by atoms with E-state index in [1.807, 2.05) is 0 Å². The summed E-state index contributed by atoms with van der Waals surface area (Å²) in [7, 11) is 1.25. The summed E-state index contributed by atoms with van der Waals surface area (Å²) in [6.45, 7) is -0.185. The van der Waals surface area contributed by atoms with Gasteiger partial charge in [0.1, 0.15) is 6.54 Å². The smallest absolute Gasteiger partial charge is 0.325 e. The van der Waals surface area contributed by atoms with Gasteiger partial charge in [-0.2, -0.15) is 0 Å². The fourth-order valence-electron chi connectivity index (χ4n) is 2.80. The number of benzene rings is 1. The summed E-state index contributed by atoms with van der Waals surface area (Å²) in [5.41, 5.74) is 7.00. The van der Waals surface area contributed by atoms with Gasteiger partial charge in [0.05, 0.1) is 7.11 Å². The monoisotopic (exact) mass is 333 g/mol. The number of nitrogens with one attached hydrogen (secondary N) is 2. The number of methoxy groups -OCH3 is 1. The molecule has 0 radical (unpaired) electrons. The lowest BCUT2D eigenvalue weighted by Gasteiger charge is -2.14. The molecule has 1 fully saturated rings. The summed E-state index contributed by atoms with van der Waals surface area (Å²) < 4.78 is 4.45. The summed E-state index contributed by atoms with van der Waals surface area (Å²) in [5, 5.41) is 5.26. The Morgan fingerprint density at radius 1 is 1.21 bits per heavy atom. The van der Waals surface area contributed by atoms with Gasteiger partial charge < -0.3 is 21.1 Å². The first kappa shape index (κ1) is 17.9. The van der Waals surface area contributed by atoms with Crippen LogP contribution in [0, 0.1) is 5.92 Å². The molecule has 1 saturated carbocycles. The quantitative estimate of drug-likeness (QED) is 0.674. The van der Waals surface area contributed by atoms with Crippen LogP contribution < -0.4 is 16.4 Å². The normalized spacial score (nSPS) is 19.6. The number of rotatable bonds is 6. The van der Waals surface area contributed by atoms with Crippen LogP contribution in [-0.2, 0) is 14.3 Å². The van der Waals surface area contributed by atoms with Gasteiger partial charge in [0, 0.05) is 23.7 Å². The number of hydrogen-bond acceptors (Lipinski definition) is 5. The Labute approximate surface area is 140 Å². The lowest BCUT2D eigenvalue weighted by atomic mass is 10.00. The molecule has 7 nitrogen and oxygen atoms in total. The molecule has 0 aromatic heterocycles. The molecular formula is C17H23N3O4. The number of ether oxygens (including phenoxy) is 1. The first-order valence-electron chi connectivity index (χ1n) is 8.00. The van der Waals surface area contributed by atoms with E-state index in [2.05, 4.69) is 15.4 Å². The molecule has 4 N–H and O–H groups in total. The lowest BCUT2D eigenvalue weighted by molar-refractivity contribution is -0.139. The average Bonchev–Trinajstić information content (AvgIpc) is 2.97. The Morgan fingerprint density at radius 2 is 1.92 bits per heavy atom. The van der Waals surface area contributed by atoms with Crippen LogP contribution in [0.15, 0.2) is 24.3 Å². The number of esters is 1. The molecular weight excluding hydrogens is 310 g/mol. The van der Waals surface area contributed by atoms with E-state index in [1.54, 1.807) is 24.3 Å². The zero-order valence-corrected chi connectivity index (χ0v) is 13.7. The van der Waals surface area contributed by atoms with Crippen molar-refractivity contribution in [1.29, 1.82) is 0 Å². The molecule has 7 heteroatoms. The zero-order valence-electron chi connectivity index (χ0n) is 13.7. The molecule has 0 aliphatic heterocycles. The van der Waals surface area contributed by atoms with E-state index in [0.29, 0.717) is 17.7 Å². The van der Waals surface area contributed by atoms with Crippen molar-refractivity contribution in [2.75, 3.05) is 19.0 Å².